The third-order valence-electron chi connectivity index (χ3n) is 2.64. The van der Waals surface area contributed by atoms with Gasteiger partial charge in [0.25, 0.3) is 0 Å². The summed E-state index contributed by atoms with van der Waals surface area (Å²) in [5.74, 6) is -0.163. The van der Waals surface area contributed by atoms with Crippen molar-refractivity contribution in [3.05, 3.63) is 0 Å². The Bertz CT molecular complexity index is 281. The van der Waals surface area contributed by atoms with Crippen LogP contribution < -0.4 is 5.32 Å². The van der Waals surface area contributed by atoms with Crippen molar-refractivity contribution in [1.29, 1.82) is 0 Å². The molecule has 0 aliphatic carbocycles. The van der Waals surface area contributed by atoms with E-state index in [1.807, 2.05) is 0 Å². The summed E-state index contributed by atoms with van der Waals surface area (Å²) in [6.07, 6.45) is -0.313. The van der Waals surface area contributed by atoms with Gasteiger partial charge in [0, 0.05) is 13.1 Å². The average Bonchev–Trinajstić information content (AvgIpc) is 2.49. The van der Waals surface area contributed by atoms with Crippen LogP contribution in [0.3, 0.4) is 0 Å². The largest absolute Gasteiger partial charge is 0.465 e. The molecule has 78 valence electrons. The van der Waals surface area contributed by atoms with Crippen LogP contribution in [0.5, 0.6) is 0 Å². The van der Waals surface area contributed by atoms with Crippen LogP contribution in [0.4, 0.5) is 4.79 Å². The van der Waals surface area contributed by atoms with Gasteiger partial charge >= 0.3 is 6.09 Å². The molecule has 2 amide bonds. The van der Waals surface area contributed by atoms with Crippen LogP contribution in [-0.4, -0.2) is 53.8 Å². The highest BCUT2D eigenvalue weighted by Crippen LogP contribution is 2.23. The van der Waals surface area contributed by atoms with Crippen molar-refractivity contribution in [3.63, 3.8) is 0 Å². The summed E-state index contributed by atoms with van der Waals surface area (Å²) >= 11 is 0. The maximum absolute atomic E-state index is 11.1. The number of morpholine rings is 1. The van der Waals surface area contributed by atoms with E-state index in [4.69, 9.17) is 9.84 Å². The minimum atomic E-state index is -0.943. The van der Waals surface area contributed by atoms with Crippen molar-refractivity contribution >= 4 is 12.0 Å². The monoisotopic (exact) mass is 200 g/mol. The van der Waals surface area contributed by atoms with E-state index in [1.54, 1.807) is 0 Å². The van der Waals surface area contributed by atoms with Crippen LogP contribution in [0.15, 0.2) is 0 Å². The molecule has 2 heterocycles. The number of carboxylic acid groups (broad SMARTS) is 1. The van der Waals surface area contributed by atoms with Crippen molar-refractivity contribution in [3.8, 4) is 0 Å². The Balaban J connectivity index is 2.04. The second-order valence-corrected chi connectivity index (χ2v) is 3.78. The van der Waals surface area contributed by atoms with Gasteiger partial charge in [0.2, 0.25) is 5.91 Å². The van der Waals surface area contributed by atoms with Gasteiger partial charge in [-0.15, -0.1) is 0 Å². The summed E-state index contributed by atoms with van der Waals surface area (Å²) in [7, 11) is 0. The Labute approximate surface area is 80.8 Å². The molecular formula is C8H12N2O4. The number of likely N-dealkylation sites (tertiary alicyclic amines) is 1. The highest BCUT2D eigenvalue weighted by molar-refractivity contribution is 5.79. The maximum atomic E-state index is 11.1. The van der Waals surface area contributed by atoms with Crippen molar-refractivity contribution in [2.45, 2.75) is 12.0 Å². The van der Waals surface area contributed by atoms with E-state index in [-0.39, 0.29) is 12.5 Å². The molecule has 6 heteroatoms. The van der Waals surface area contributed by atoms with Crippen molar-refractivity contribution in [2.75, 3.05) is 26.3 Å². The molecule has 14 heavy (non-hydrogen) atoms. The van der Waals surface area contributed by atoms with E-state index in [9.17, 15) is 9.59 Å². The predicted molar refractivity (Wildman–Crippen MR) is 45.9 cm³/mol. The van der Waals surface area contributed by atoms with Gasteiger partial charge in [-0.1, -0.05) is 0 Å². The Morgan fingerprint density at radius 3 is 3.00 bits per heavy atom. The first-order valence-corrected chi connectivity index (χ1v) is 4.48. The Hall–Kier alpha value is -1.30. The first kappa shape index (κ1) is 9.26. The maximum Gasteiger partial charge on any atom is 0.407 e. The summed E-state index contributed by atoms with van der Waals surface area (Å²) in [5, 5.41) is 11.6. The number of carbonyl (C=O) groups is 2. The number of hydrogen-bond donors (Lipinski definition) is 2. The van der Waals surface area contributed by atoms with Gasteiger partial charge in [0.05, 0.1) is 12.1 Å². The first-order chi connectivity index (χ1) is 6.61. The number of nitrogens with zero attached hydrogens (tertiary/aromatic N) is 1. The summed E-state index contributed by atoms with van der Waals surface area (Å²) in [5.41, 5.74) is -0.478. The molecular weight excluding hydrogens is 188 g/mol. The van der Waals surface area contributed by atoms with Crippen LogP contribution in [0, 0.1) is 0 Å². The van der Waals surface area contributed by atoms with Crippen LogP contribution in [0.2, 0.25) is 0 Å². The van der Waals surface area contributed by atoms with Gasteiger partial charge < -0.3 is 20.1 Å². The summed E-state index contributed by atoms with van der Waals surface area (Å²) in [6, 6.07) is 0. The van der Waals surface area contributed by atoms with E-state index in [0.717, 1.165) is 0 Å². The van der Waals surface area contributed by atoms with Gasteiger partial charge in [0.15, 0.2) is 0 Å². The van der Waals surface area contributed by atoms with Crippen LogP contribution >= 0.6 is 0 Å². The van der Waals surface area contributed by atoms with E-state index in [0.29, 0.717) is 26.1 Å². The van der Waals surface area contributed by atoms with Gasteiger partial charge in [-0.05, 0) is 6.42 Å². The smallest absolute Gasteiger partial charge is 0.407 e. The quantitative estimate of drug-likeness (QED) is 0.539. The molecule has 1 spiro atoms. The standard InChI is InChI=1S/C8H12N2O4/c11-6-3-14-5-8(9-6)1-2-10(4-8)7(12)13/h1-5H2,(H,9,11)(H,12,13). The molecule has 1 atom stereocenters. The lowest BCUT2D eigenvalue weighted by molar-refractivity contribution is -0.134. The average molecular weight is 200 g/mol. The predicted octanol–water partition coefficient (Wildman–Crippen LogP) is -0.745. The molecule has 0 bridgehead atoms. The molecule has 2 aliphatic heterocycles. The Morgan fingerprint density at radius 1 is 1.64 bits per heavy atom. The number of carbonyl (C=O) groups excluding carboxylic acids is 1. The van der Waals surface area contributed by atoms with E-state index in [2.05, 4.69) is 5.32 Å². The molecule has 2 fully saturated rings. The lowest BCUT2D eigenvalue weighted by atomic mass is 9.99. The molecule has 0 radical (unpaired) electrons. The van der Waals surface area contributed by atoms with Crippen LogP contribution in [-0.2, 0) is 9.53 Å². The van der Waals surface area contributed by atoms with Crippen LogP contribution in [0.1, 0.15) is 6.42 Å². The van der Waals surface area contributed by atoms with Crippen molar-refractivity contribution in [2.24, 2.45) is 0 Å². The molecule has 6 nitrogen and oxygen atoms in total. The van der Waals surface area contributed by atoms with E-state index in [1.165, 1.54) is 4.90 Å². The fraction of sp³-hybridized carbons (Fsp3) is 0.750. The van der Waals surface area contributed by atoms with E-state index >= 15 is 0 Å². The zero-order chi connectivity index (χ0) is 10.2. The Kier molecular flexibility index (Phi) is 2.07. The summed E-state index contributed by atoms with van der Waals surface area (Å²) in [4.78, 5) is 23.1. The number of rotatable bonds is 0. The highest BCUT2D eigenvalue weighted by Gasteiger charge is 2.43. The minimum Gasteiger partial charge on any atom is -0.465 e. The number of nitrogens with one attached hydrogen (secondary N) is 1. The molecule has 2 rings (SSSR count). The number of hydrogen-bond acceptors (Lipinski definition) is 3. The third kappa shape index (κ3) is 1.52. The number of amides is 2. The summed E-state index contributed by atoms with van der Waals surface area (Å²) in [6.45, 7) is 1.27. The molecule has 2 saturated heterocycles. The fourth-order valence-electron chi connectivity index (χ4n) is 1.96. The molecule has 0 aromatic heterocycles. The van der Waals surface area contributed by atoms with Gasteiger partial charge in [-0.3, -0.25) is 4.79 Å². The highest BCUT2D eigenvalue weighted by atomic mass is 16.5. The summed E-state index contributed by atoms with van der Waals surface area (Å²) < 4.78 is 5.12. The molecule has 0 aromatic rings. The van der Waals surface area contributed by atoms with E-state index < -0.39 is 11.6 Å². The van der Waals surface area contributed by atoms with Crippen molar-refractivity contribution < 1.29 is 19.4 Å². The minimum absolute atomic E-state index is 0.0782. The Morgan fingerprint density at radius 2 is 2.43 bits per heavy atom. The van der Waals surface area contributed by atoms with Gasteiger partial charge in [0.1, 0.15) is 6.61 Å². The SMILES string of the molecule is O=C1COCC2(CCN(C(=O)O)C2)N1. The second-order valence-electron chi connectivity index (χ2n) is 3.78. The molecule has 2 N–H and O–H groups in total. The molecule has 0 saturated carbocycles. The zero-order valence-electron chi connectivity index (χ0n) is 7.65. The first-order valence-electron chi connectivity index (χ1n) is 4.48. The lowest BCUT2D eigenvalue weighted by Gasteiger charge is -2.33. The van der Waals surface area contributed by atoms with Crippen LogP contribution in [0.25, 0.3) is 0 Å². The van der Waals surface area contributed by atoms with Gasteiger partial charge in [-0.2, -0.15) is 0 Å². The lowest BCUT2D eigenvalue weighted by Crippen LogP contribution is -2.58. The number of ether oxygens (including phenoxy) is 1. The topological polar surface area (TPSA) is 78.9 Å². The molecule has 0 aromatic carbocycles. The fourth-order valence-corrected chi connectivity index (χ4v) is 1.96. The molecule has 2 aliphatic rings. The van der Waals surface area contributed by atoms with Gasteiger partial charge in [-0.25, -0.2) is 4.79 Å². The third-order valence-corrected chi connectivity index (χ3v) is 2.64. The van der Waals surface area contributed by atoms with Crippen molar-refractivity contribution in [1.82, 2.24) is 10.2 Å². The zero-order valence-corrected chi connectivity index (χ0v) is 7.65. The molecule has 1 unspecified atom stereocenters. The normalized spacial score (nSPS) is 32.0. The second kappa shape index (κ2) is 3.13.